The van der Waals surface area contributed by atoms with Crippen molar-refractivity contribution in [1.29, 1.82) is 0 Å². The Bertz CT molecular complexity index is 1600. The van der Waals surface area contributed by atoms with Crippen LogP contribution in [0.15, 0.2) is 91.0 Å². The monoisotopic (exact) mass is 548 g/mol. The Kier molecular flexibility index (Phi) is 5.98. The minimum absolute atomic E-state index is 0.0456. The average Bonchev–Trinajstić information content (AvgIpc) is 2.92. The summed E-state index contributed by atoms with van der Waals surface area (Å²) in [6, 6.07) is 28.3. The van der Waals surface area contributed by atoms with Crippen LogP contribution in [-0.4, -0.2) is 24.4 Å². The summed E-state index contributed by atoms with van der Waals surface area (Å²) in [7, 11) is -4.31. The van der Waals surface area contributed by atoms with Gasteiger partial charge >= 0.3 is 0 Å². The number of ether oxygens (including phenoxy) is 2. The minimum atomic E-state index is -4.31. The number of hydrogen-bond acceptors (Lipinski definition) is 6. The molecule has 2 aliphatic heterocycles. The first-order chi connectivity index (χ1) is 18.3. The van der Waals surface area contributed by atoms with Gasteiger partial charge in [-0.25, -0.2) is 0 Å². The molecule has 0 radical (unpaired) electrons. The minimum Gasteiger partial charge on any atom is -0.453 e. The van der Waals surface area contributed by atoms with Crippen LogP contribution in [0.3, 0.4) is 0 Å². The fourth-order valence-corrected chi connectivity index (χ4v) is 6.29. The van der Waals surface area contributed by atoms with Gasteiger partial charge in [-0.2, -0.15) is 8.42 Å². The lowest BCUT2D eigenvalue weighted by molar-refractivity contribution is 0.358. The highest BCUT2D eigenvalue weighted by Crippen LogP contribution is 2.59. The lowest BCUT2D eigenvalue weighted by Crippen LogP contribution is -2.59. The van der Waals surface area contributed by atoms with Crippen LogP contribution in [0.4, 0.5) is 22.7 Å². The largest absolute Gasteiger partial charge is 0.453 e. The Labute approximate surface area is 226 Å². The molecule has 194 valence electrons. The molecule has 2 heterocycles. The van der Waals surface area contributed by atoms with Crippen LogP contribution in [0.1, 0.15) is 19.8 Å². The second-order valence-electron chi connectivity index (χ2n) is 9.24. The van der Waals surface area contributed by atoms with E-state index in [1.165, 1.54) is 0 Å². The van der Waals surface area contributed by atoms with Crippen LogP contribution >= 0.6 is 11.6 Å². The first-order valence-corrected chi connectivity index (χ1v) is 14.3. The lowest BCUT2D eigenvalue weighted by Gasteiger charge is -2.55. The number of para-hydroxylation sites is 7. The molecule has 0 saturated heterocycles. The number of anilines is 4. The normalized spacial score (nSPS) is 15.2. The first-order valence-electron chi connectivity index (χ1n) is 12.3. The molecule has 7 nitrogen and oxygen atoms in total. The molecule has 38 heavy (non-hydrogen) atoms. The molecule has 0 aromatic heterocycles. The average molecular weight is 549 g/mol. The van der Waals surface area contributed by atoms with E-state index in [1.807, 2.05) is 91.9 Å². The van der Waals surface area contributed by atoms with Gasteiger partial charge in [-0.1, -0.05) is 61.0 Å². The number of rotatable bonds is 6. The lowest BCUT2D eigenvalue weighted by atomic mass is 9.92. The highest BCUT2D eigenvalue weighted by molar-refractivity contribution is 7.85. The number of nitrogens with zero attached hydrogens (tertiary/aromatic N) is 2. The molecule has 0 spiro atoms. The molecule has 0 bridgehead atoms. The maximum absolute atomic E-state index is 12.3. The molecule has 1 atom stereocenters. The summed E-state index contributed by atoms with van der Waals surface area (Å²) >= 11 is 6.86. The van der Waals surface area contributed by atoms with Crippen molar-refractivity contribution in [2.45, 2.75) is 25.4 Å². The SMILES string of the molecule is CCC(CCS(=O)(=O)O)(N1c2ccccc2Oc2ccccc21)N1c2ccccc2Oc2cccc(Cl)c21. The molecule has 2 aliphatic rings. The summed E-state index contributed by atoms with van der Waals surface area (Å²) in [6.45, 7) is 2.00. The predicted molar refractivity (Wildman–Crippen MR) is 149 cm³/mol. The van der Waals surface area contributed by atoms with Gasteiger partial charge in [0.25, 0.3) is 10.1 Å². The van der Waals surface area contributed by atoms with Crippen LogP contribution in [-0.2, 0) is 10.1 Å². The van der Waals surface area contributed by atoms with Gasteiger partial charge < -0.3 is 19.3 Å². The quantitative estimate of drug-likeness (QED) is 0.245. The number of benzene rings is 4. The maximum atomic E-state index is 12.3. The van der Waals surface area contributed by atoms with E-state index in [-0.39, 0.29) is 6.42 Å². The molecule has 9 heteroatoms. The van der Waals surface area contributed by atoms with Gasteiger partial charge in [0, 0.05) is 6.42 Å². The topological polar surface area (TPSA) is 79.3 Å². The molecule has 0 saturated carbocycles. The molecular weight excluding hydrogens is 524 g/mol. The summed E-state index contributed by atoms with van der Waals surface area (Å²) < 4.78 is 47.0. The summed E-state index contributed by atoms with van der Waals surface area (Å²) in [5, 5.41) is 0.455. The summed E-state index contributed by atoms with van der Waals surface area (Å²) in [4.78, 5) is 4.18. The molecule has 1 unspecified atom stereocenters. The van der Waals surface area contributed by atoms with E-state index in [2.05, 4.69) is 9.80 Å². The van der Waals surface area contributed by atoms with Crippen molar-refractivity contribution in [3.05, 3.63) is 96.0 Å². The van der Waals surface area contributed by atoms with Crippen LogP contribution < -0.4 is 19.3 Å². The third-order valence-corrected chi connectivity index (χ3v) is 8.12. The number of halogens is 1. The zero-order valence-corrected chi connectivity index (χ0v) is 22.1. The zero-order chi connectivity index (χ0) is 26.5. The third-order valence-electron chi connectivity index (χ3n) is 7.09. The van der Waals surface area contributed by atoms with Gasteiger partial charge in [-0.15, -0.1) is 0 Å². The zero-order valence-electron chi connectivity index (χ0n) is 20.5. The molecule has 0 aliphatic carbocycles. The van der Waals surface area contributed by atoms with E-state index in [0.717, 1.165) is 17.1 Å². The van der Waals surface area contributed by atoms with Crippen molar-refractivity contribution in [3.63, 3.8) is 0 Å². The molecule has 6 rings (SSSR count). The summed E-state index contributed by atoms with van der Waals surface area (Å²) in [5.74, 6) is 1.97. The second-order valence-corrected chi connectivity index (χ2v) is 11.2. The van der Waals surface area contributed by atoms with Crippen molar-refractivity contribution in [2.75, 3.05) is 15.6 Å². The first kappa shape index (κ1) is 24.6. The van der Waals surface area contributed by atoms with Crippen LogP contribution in [0, 0.1) is 0 Å². The van der Waals surface area contributed by atoms with E-state index in [9.17, 15) is 13.0 Å². The van der Waals surface area contributed by atoms with Gasteiger partial charge in [0.2, 0.25) is 0 Å². The van der Waals surface area contributed by atoms with Gasteiger partial charge in [0.05, 0.1) is 27.8 Å². The van der Waals surface area contributed by atoms with Gasteiger partial charge in [-0.05, 0) is 55.0 Å². The Hall–Kier alpha value is -3.72. The highest BCUT2D eigenvalue weighted by Gasteiger charge is 2.49. The Morgan fingerprint density at radius 2 is 1.21 bits per heavy atom. The molecule has 0 fully saturated rings. The van der Waals surface area contributed by atoms with Crippen LogP contribution in [0.5, 0.6) is 23.0 Å². The summed E-state index contributed by atoms with van der Waals surface area (Å²) in [5.41, 5.74) is 1.81. The highest BCUT2D eigenvalue weighted by atomic mass is 35.5. The maximum Gasteiger partial charge on any atom is 0.265 e. The Morgan fingerprint density at radius 3 is 1.74 bits per heavy atom. The molecule has 1 N–H and O–H groups in total. The fourth-order valence-electron chi connectivity index (χ4n) is 5.46. The van der Waals surface area contributed by atoms with E-state index < -0.39 is 21.5 Å². The molecule has 4 aromatic rings. The van der Waals surface area contributed by atoms with Gasteiger partial charge in [0.1, 0.15) is 11.4 Å². The fraction of sp³-hybridized carbons (Fsp3) is 0.172. The van der Waals surface area contributed by atoms with Crippen molar-refractivity contribution >= 4 is 44.5 Å². The predicted octanol–water partition coefficient (Wildman–Crippen LogP) is 7.91. The Balaban J connectivity index is 1.70. The van der Waals surface area contributed by atoms with Crippen LogP contribution in [0.2, 0.25) is 5.02 Å². The number of fused-ring (bicyclic) bond motifs is 4. The molecular formula is C29H25ClN2O5S. The molecule has 0 amide bonds. The van der Waals surface area contributed by atoms with Crippen molar-refractivity contribution in [2.24, 2.45) is 0 Å². The Morgan fingerprint density at radius 1 is 0.737 bits per heavy atom. The van der Waals surface area contributed by atoms with Gasteiger partial charge in [0.15, 0.2) is 23.0 Å². The van der Waals surface area contributed by atoms with Crippen molar-refractivity contribution in [1.82, 2.24) is 0 Å². The van der Waals surface area contributed by atoms with Crippen LogP contribution in [0.25, 0.3) is 0 Å². The van der Waals surface area contributed by atoms with E-state index in [0.29, 0.717) is 40.1 Å². The molecule has 4 aromatic carbocycles. The van der Waals surface area contributed by atoms with E-state index in [1.54, 1.807) is 6.07 Å². The number of hydrogen-bond donors (Lipinski definition) is 1. The third kappa shape index (κ3) is 3.96. The smallest absolute Gasteiger partial charge is 0.265 e. The summed E-state index contributed by atoms with van der Waals surface area (Å²) in [6.07, 6.45) is 0.494. The van der Waals surface area contributed by atoms with Gasteiger partial charge in [-0.3, -0.25) is 4.55 Å². The standard InChI is InChI=1S/C29H25ClN2O5S/c1-2-29(18-19-38(33,34)35,31-21-11-3-6-14-24(21)36-25-15-7-4-12-22(25)31)32-23-13-5-8-16-26(23)37-27-17-9-10-20(30)28(27)32/h3-17H,2,18-19H2,1H3,(H,33,34,35). The van der Waals surface area contributed by atoms with Crippen molar-refractivity contribution < 1.29 is 22.4 Å². The second kappa shape index (κ2) is 9.23. The van der Waals surface area contributed by atoms with E-state index >= 15 is 0 Å². The van der Waals surface area contributed by atoms with E-state index in [4.69, 9.17) is 21.1 Å². The van der Waals surface area contributed by atoms with Crippen molar-refractivity contribution in [3.8, 4) is 23.0 Å².